The van der Waals surface area contributed by atoms with Crippen molar-refractivity contribution in [1.29, 1.82) is 0 Å². The molecule has 2 saturated carbocycles. The molecule has 0 bridgehead atoms. The number of fused-ring (bicyclic) bond motifs is 1. The second kappa shape index (κ2) is 7.52. The minimum absolute atomic E-state index is 0.0255. The molecule has 1 unspecified atom stereocenters. The Morgan fingerprint density at radius 1 is 0.966 bits per heavy atom. The van der Waals surface area contributed by atoms with Crippen LogP contribution in [-0.4, -0.2) is 19.7 Å². The molecule has 29 heavy (non-hydrogen) atoms. The van der Waals surface area contributed by atoms with Crippen LogP contribution >= 0.6 is 0 Å². The lowest BCUT2D eigenvalue weighted by atomic mass is 9.72. The number of hydrogen-bond donors (Lipinski definition) is 0. The van der Waals surface area contributed by atoms with E-state index >= 15 is 0 Å². The van der Waals surface area contributed by atoms with Gasteiger partial charge in [0, 0.05) is 12.3 Å². The van der Waals surface area contributed by atoms with E-state index in [2.05, 4.69) is 88.4 Å². The highest BCUT2D eigenvalue weighted by Crippen LogP contribution is 2.52. The summed E-state index contributed by atoms with van der Waals surface area (Å²) >= 11 is 0. The summed E-state index contributed by atoms with van der Waals surface area (Å²) in [5, 5.41) is 2.65. The minimum Gasteiger partial charge on any atom is -0.402 e. The van der Waals surface area contributed by atoms with Gasteiger partial charge in [-0.25, -0.2) is 0 Å². The van der Waals surface area contributed by atoms with Crippen LogP contribution in [0.1, 0.15) is 59.8 Å². The summed E-state index contributed by atoms with van der Waals surface area (Å²) in [5.41, 5.74) is -0.168. The van der Waals surface area contributed by atoms with Crippen LogP contribution in [0, 0.1) is 11.8 Å². The molecule has 2 aliphatic rings. The first-order valence-corrected chi connectivity index (χ1v) is 13.0. The van der Waals surface area contributed by atoms with Crippen LogP contribution in [0.5, 0.6) is 0 Å². The maximum absolute atomic E-state index is 12.5. The second-order valence-corrected chi connectivity index (χ2v) is 14.4. The zero-order valence-electron chi connectivity index (χ0n) is 18.3. The van der Waals surface area contributed by atoms with Crippen molar-refractivity contribution in [3.05, 3.63) is 60.7 Å². The van der Waals surface area contributed by atoms with Gasteiger partial charge in [-0.3, -0.25) is 4.79 Å². The first kappa shape index (κ1) is 20.6. The van der Waals surface area contributed by atoms with Crippen LogP contribution in [0.2, 0.25) is 5.04 Å². The lowest BCUT2D eigenvalue weighted by molar-refractivity contribution is -0.133. The van der Waals surface area contributed by atoms with Gasteiger partial charge in [-0.1, -0.05) is 94.8 Å². The summed E-state index contributed by atoms with van der Waals surface area (Å²) in [6, 6.07) is 21.8. The monoisotopic (exact) mass is 406 g/mol. The van der Waals surface area contributed by atoms with Crippen LogP contribution in [0.25, 0.3) is 0 Å². The molecule has 0 amide bonds. The van der Waals surface area contributed by atoms with Crippen LogP contribution < -0.4 is 10.4 Å². The fraction of sp³-hybridized carbons (Fsp3) is 0.500. The van der Waals surface area contributed by atoms with Crippen molar-refractivity contribution in [1.82, 2.24) is 0 Å². The average Bonchev–Trinajstić information content (AvgIpc) is 3.09. The van der Waals surface area contributed by atoms with E-state index in [4.69, 9.17) is 4.43 Å². The Hall–Kier alpha value is -1.71. The first-order chi connectivity index (χ1) is 13.8. The van der Waals surface area contributed by atoms with E-state index in [9.17, 15) is 4.79 Å². The van der Waals surface area contributed by atoms with Crippen LogP contribution in [0.4, 0.5) is 0 Å². The predicted molar refractivity (Wildman–Crippen MR) is 122 cm³/mol. The molecule has 0 saturated heterocycles. The zero-order chi connectivity index (χ0) is 20.7. The number of benzene rings is 2. The minimum atomic E-state index is -2.59. The van der Waals surface area contributed by atoms with Gasteiger partial charge in [-0.2, -0.15) is 0 Å². The standard InChI is InChI=1S/C26H34O2Si/c1-20-19-26(17-11-12-21(26)18-24(20)27)28-29(25(2,3)4,22-13-7-5-8-14-22)23-15-9-6-10-16-23/h5-10,13-16,20-21H,11-12,17-19H2,1-4H3/t20?,21-,26-/m1/s1. The highest BCUT2D eigenvalue weighted by Gasteiger charge is 2.59. The molecule has 0 radical (unpaired) electrons. The topological polar surface area (TPSA) is 26.3 Å². The van der Waals surface area contributed by atoms with Crippen molar-refractivity contribution in [2.75, 3.05) is 0 Å². The van der Waals surface area contributed by atoms with Crippen LogP contribution in [0.3, 0.4) is 0 Å². The predicted octanol–water partition coefficient (Wildman–Crippen LogP) is 5.10. The molecule has 0 spiro atoms. The van der Waals surface area contributed by atoms with Crippen molar-refractivity contribution in [2.24, 2.45) is 11.8 Å². The smallest absolute Gasteiger partial charge is 0.261 e. The van der Waals surface area contributed by atoms with E-state index in [1.165, 1.54) is 16.8 Å². The SMILES string of the molecule is CC1C[C@]2(O[Si](c3ccccc3)(c3ccccc3)C(C)(C)C)CCC[C@@H]2CC1=O. The molecule has 154 valence electrons. The van der Waals surface area contributed by atoms with E-state index in [1.807, 2.05) is 0 Å². The first-order valence-electron chi connectivity index (χ1n) is 11.1. The summed E-state index contributed by atoms with van der Waals surface area (Å²) in [4.78, 5) is 12.5. The molecule has 2 nitrogen and oxygen atoms in total. The van der Waals surface area contributed by atoms with Crippen molar-refractivity contribution >= 4 is 24.5 Å². The fourth-order valence-electron chi connectivity index (χ4n) is 5.88. The van der Waals surface area contributed by atoms with Gasteiger partial charge < -0.3 is 4.43 Å². The molecule has 4 rings (SSSR count). The Morgan fingerprint density at radius 3 is 2.03 bits per heavy atom. The van der Waals surface area contributed by atoms with Gasteiger partial charge in [-0.05, 0) is 40.6 Å². The highest BCUT2D eigenvalue weighted by atomic mass is 28.4. The molecule has 3 atom stereocenters. The Bertz CT molecular complexity index is 816. The molecule has 2 aromatic carbocycles. The normalized spacial score (nSPS) is 27.7. The molecule has 2 aromatic rings. The Kier molecular flexibility index (Phi) is 5.33. The van der Waals surface area contributed by atoms with Crippen molar-refractivity contribution in [3.63, 3.8) is 0 Å². The molecule has 2 fully saturated rings. The largest absolute Gasteiger partial charge is 0.402 e. The van der Waals surface area contributed by atoms with Gasteiger partial charge in [0.2, 0.25) is 0 Å². The van der Waals surface area contributed by atoms with E-state index < -0.39 is 8.32 Å². The van der Waals surface area contributed by atoms with Crippen molar-refractivity contribution in [2.45, 2.75) is 70.4 Å². The maximum Gasteiger partial charge on any atom is 0.261 e. The van der Waals surface area contributed by atoms with Gasteiger partial charge in [-0.15, -0.1) is 0 Å². The Labute approximate surface area is 176 Å². The Balaban J connectivity index is 1.90. The van der Waals surface area contributed by atoms with Crippen LogP contribution in [0.15, 0.2) is 60.7 Å². The number of Topliss-reactive ketones (excluding diaryl/α,β-unsaturated/α-hetero) is 1. The zero-order valence-corrected chi connectivity index (χ0v) is 19.3. The third kappa shape index (κ3) is 3.42. The fourth-order valence-corrected chi connectivity index (χ4v) is 10.8. The van der Waals surface area contributed by atoms with E-state index in [0.29, 0.717) is 18.1 Å². The van der Waals surface area contributed by atoms with Gasteiger partial charge in [0.1, 0.15) is 5.78 Å². The molecule has 0 heterocycles. The van der Waals surface area contributed by atoms with Gasteiger partial charge in [0.25, 0.3) is 8.32 Å². The summed E-state index contributed by atoms with van der Waals surface area (Å²) in [6.07, 6.45) is 4.94. The third-order valence-electron chi connectivity index (χ3n) is 7.32. The average molecular weight is 407 g/mol. The van der Waals surface area contributed by atoms with Crippen molar-refractivity contribution in [3.8, 4) is 0 Å². The number of carbonyl (C=O) groups is 1. The molecule has 0 aromatic heterocycles. The summed E-state index contributed by atoms with van der Waals surface area (Å²) in [7, 11) is -2.59. The van der Waals surface area contributed by atoms with Gasteiger partial charge >= 0.3 is 0 Å². The number of ketones is 1. The number of hydrogen-bond acceptors (Lipinski definition) is 2. The van der Waals surface area contributed by atoms with E-state index in [-0.39, 0.29) is 16.6 Å². The Morgan fingerprint density at radius 2 is 1.52 bits per heavy atom. The highest BCUT2D eigenvalue weighted by molar-refractivity contribution is 6.99. The quantitative estimate of drug-likeness (QED) is 0.660. The lowest BCUT2D eigenvalue weighted by Crippen LogP contribution is -2.70. The summed E-state index contributed by atoms with van der Waals surface area (Å²) in [6.45, 7) is 9.14. The van der Waals surface area contributed by atoms with E-state index in [1.54, 1.807) is 0 Å². The number of rotatable bonds is 4. The van der Waals surface area contributed by atoms with Crippen molar-refractivity contribution < 1.29 is 9.22 Å². The molecule has 0 aliphatic heterocycles. The molecular weight excluding hydrogens is 372 g/mol. The maximum atomic E-state index is 12.5. The van der Waals surface area contributed by atoms with E-state index in [0.717, 1.165) is 19.3 Å². The third-order valence-corrected chi connectivity index (χ3v) is 12.4. The van der Waals surface area contributed by atoms with Gasteiger partial charge in [0.05, 0.1) is 5.60 Å². The molecule has 3 heteroatoms. The number of carbonyl (C=O) groups excluding carboxylic acids is 1. The summed E-state index contributed by atoms with van der Waals surface area (Å²) in [5.74, 6) is 0.897. The lowest BCUT2D eigenvalue weighted by Gasteiger charge is -2.52. The molecular formula is C26H34O2Si. The second-order valence-electron chi connectivity index (χ2n) is 10.2. The van der Waals surface area contributed by atoms with Gasteiger partial charge in [0.15, 0.2) is 0 Å². The molecule has 2 aliphatic carbocycles. The molecule has 0 N–H and O–H groups in total. The van der Waals surface area contributed by atoms with Crippen LogP contribution in [-0.2, 0) is 9.22 Å². The summed E-state index contributed by atoms with van der Waals surface area (Å²) < 4.78 is 7.63.